The zero-order valence-electron chi connectivity index (χ0n) is 10.5. The quantitative estimate of drug-likeness (QED) is 0.636. The van der Waals surface area contributed by atoms with Gasteiger partial charge in [-0.3, -0.25) is 0 Å². The van der Waals surface area contributed by atoms with Crippen LogP contribution in [0.15, 0.2) is 10.6 Å². The standard InChI is InChI=1S/C11H14ClFN2O2S/c1-11(2,3)18(16)15-5-7-8(17-4)6-14-10(13)9(7)12/h5-6H,1-4H3. The molecule has 0 N–H and O–H groups in total. The maximum absolute atomic E-state index is 13.2. The molecule has 1 atom stereocenters. The van der Waals surface area contributed by atoms with Crippen molar-refractivity contribution in [2.75, 3.05) is 7.11 Å². The molecule has 100 valence electrons. The Morgan fingerprint density at radius 2 is 2.17 bits per heavy atom. The summed E-state index contributed by atoms with van der Waals surface area (Å²) in [5, 5.41) is -0.205. The highest BCUT2D eigenvalue weighted by molar-refractivity contribution is 7.85. The van der Waals surface area contributed by atoms with Crippen molar-refractivity contribution >= 4 is 28.8 Å². The molecule has 0 aliphatic rings. The van der Waals surface area contributed by atoms with E-state index in [-0.39, 0.29) is 16.3 Å². The monoisotopic (exact) mass is 292 g/mol. The lowest BCUT2D eigenvalue weighted by Gasteiger charge is -2.13. The third-order valence-electron chi connectivity index (χ3n) is 2.00. The van der Waals surface area contributed by atoms with Crippen molar-refractivity contribution in [1.82, 2.24) is 4.98 Å². The molecule has 1 unspecified atom stereocenters. The Balaban J connectivity index is 3.15. The van der Waals surface area contributed by atoms with Gasteiger partial charge in [0.15, 0.2) is 0 Å². The number of pyridine rings is 1. The van der Waals surface area contributed by atoms with Crippen molar-refractivity contribution in [3.05, 3.63) is 22.7 Å². The van der Waals surface area contributed by atoms with E-state index in [9.17, 15) is 8.60 Å². The number of ether oxygens (including phenoxy) is 1. The summed E-state index contributed by atoms with van der Waals surface area (Å²) in [4.78, 5) is 3.42. The van der Waals surface area contributed by atoms with Crippen molar-refractivity contribution in [2.24, 2.45) is 4.40 Å². The van der Waals surface area contributed by atoms with E-state index in [0.29, 0.717) is 0 Å². The van der Waals surface area contributed by atoms with Crippen LogP contribution in [-0.2, 0) is 11.0 Å². The van der Waals surface area contributed by atoms with Crippen LogP contribution in [0, 0.1) is 5.95 Å². The fraction of sp³-hybridized carbons (Fsp3) is 0.455. The van der Waals surface area contributed by atoms with Gasteiger partial charge in [0.2, 0.25) is 5.95 Å². The molecule has 1 aromatic rings. The van der Waals surface area contributed by atoms with Gasteiger partial charge in [-0.2, -0.15) is 8.79 Å². The molecule has 0 bridgehead atoms. The van der Waals surface area contributed by atoms with Gasteiger partial charge < -0.3 is 4.74 Å². The second kappa shape index (κ2) is 5.75. The number of aromatic nitrogens is 1. The van der Waals surface area contributed by atoms with Crippen LogP contribution < -0.4 is 4.74 Å². The Bertz CT molecular complexity index is 501. The topological polar surface area (TPSA) is 51.6 Å². The first-order valence-electron chi connectivity index (χ1n) is 5.11. The maximum Gasteiger partial charge on any atom is 0.232 e. The molecule has 0 saturated carbocycles. The largest absolute Gasteiger partial charge is 0.494 e. The first kappa shape index (κ1) is 15.0. The summed E-state index contributed by atoms with van der Waals surface area (Å²) in [6.07, 6.45) is 2.44. The summed E-state index contributed by atoms with van der Waals surface area (Å²) in [6, 6.07) is 0. The van der Waals surface area contributed by atoms with Crippen molar-refractivity contribution in [1.29, 1.82) is 0 Å². The molecule has 0 spiro atoms. The summed E-state index contributed by atoms with van der Waals surface area (Å²) in [6.45, 7) is 5.35. The molecule has 0 aromatic carbocycles. The van der Waals surface area contributed by atoms with Crippen LogP contribution in [0.5, 0.6) is 5.75 Å². The van der Waals surface area contributed by atoms with Crippen LogP contribution in [-0.4, -0.2) is 27.3 Å². The highest BCUT2D eigenvalue weighted by Crippen LogP contribution is 2.26. The predicted molar refractivity (Wildman–Crippen MR) is 71.2 cm³/mol. The van der Waals surface area contributed by atoms with Gasteiger partial charge in [-0.1, -0.05) is 11.6 Å². The Morgan fingerprint density at radius 3 is 2.67 bits per heavy atom. The molecule has 7 heteroatoms. The van der Waals surface area contributed by atoms with Gasteiger partial charge >= 0.3 is 0 Å². The van der Waals surface area contributed by atoms with E-state index in [4.69, 9.17) is 16.3 Å². The molecule has 0 amide bonds. The van der Waals surface area contributed by atoms with Gasteiger partial charge in [-0.25, -0.2) is 9.19 Å². The highest BCUT2D eigenvalue weighted by Gasteiger charge is 2.19. The van der Waals surface area contributed by atoms with Crippen molar-refractivity contribution in [2.45, 2.75) is 25.5 Å². The fourth-order valence-electron chi connectivity index (χ4n) is 1.00. The normalized spacial score (nSPS) is 13.9. The van der Waals surface area contributed by atoms with Gasteiger partial charge in [0, 0.05) is 0 Å². The summed E-state index contributed by atoms with van der Waals surface area (Å²) in [7, 11) is -0.0445. The summed E-state index contributed by atoms with van der Waals surface area (Å²) < 4.78 is 33.3. The minimum atomic E-state index is -1.45. The smallest absolute Gasteiger partial charge is 0.232 e. The lowest BCUT2D eigenvalue weighted by Crippen LogP contribution is -2.19. The Labute approximate surface area is 113 Å². The highest BCUT2D eigenvalue weighted by atomic mass is 35.5. The minimum Gasteiger partial charge on any atom is -0.494 e. The molecule has 1 rings (SSSR count). The van der Waals surface area contributed by atoms with Gasteiger partial charge in [0.25, 0.3) is 0 Å². The van der Waals surface area contributed by atoms with Crippen LogP contribution in [0.4, 0.5) is 4.39 Å². The molecule has 1 heterocycles. The number of rotatable bonds is 3. The molecule has 18 heavy (non-hydrogen) atoms. The molecule has 0 aliphatic carbocycles. The van der Waals surface area contributed by atoms with Crippen LogP contribution in [0.25, 0.3) is 0 Å². The first-order valence-corrected chi connectivity index (χ1v) is 6.60. The third kappa shape index (κ3) is 3.49. The summed E-state index contributed by atoms with van der Waals surface area (Å²) in [5.41, 5.74) is 0.226. The lowest BCUT2D eigenvalue weighted by atomic mass is 10.2. The molecule has 0 aliphatic heterocycles. The molecule has 0 fully saturated rings. The third-order valence-corrected chi connectivity index (χ3v) is 3.70. The van der Waals surface area contributed by atoms with Gasteiger partial charge in [0.1, 0.15) is 21.8 Å². The predicted octanol–water partition coefficient (Wildman–Crippen LogP) is 2.76. The van der Waals surface area contributed by atoms with E-state index in [0.717, 1.165) is 0 Å². The summed E-state index contributed by atoms with van der Waals surface area (Å²) in [5.74, 6) is -0.545. The second-order valence-corrected chi connectivity index (χ2v) is 6.75. The van der Waals surface area contributed by atoms with Gasteiger partial charge in [-0.05, 0) is 20.8 Å². The Kier molecular flexibility index (Phi) is 4.81. The molecule has 1 aromatic heterocycles. The average Bonchev–Trinajstić information content (AvgIpc) is 2.29. The average molecular weight is 293 g/mol. The van der Waals surface area contributed by atoms with Gasteiger partial charge in [0.05, 0.1) is 29.8 Å². The molecular formula is C11H14ClFN2O2S. The van der Waals surface area contributed by atoms with E-state index >= 15 is 0 Å². The van der Waals surface area contributed by atoms with E-state index < -0.39 is 21.7 Å². The number of methoxy groups -OCH3 is 1. The zero-order valence-corrected chi connectivity index (χ0v) is 12.1. The SMILES string of the molecule is COc1cnc(F)c(Cl)c1C=NS(=O)C(C)(C)C. The lowest BCUT2D eigenvalue weighted by molar-refractivity contribution is 0.409. The Morgan fingerprint density at radius 1 is 1.56 bits per heavy atom. The number of hydrogen-bond acceptors (Lipinski definition) is 3. The Hall–Kier alpha value is -1.01. The van der Waals surface area contributed by atoms with Crippen LogP contribution >= 0.6 is 11.6 Å². The zero-order chi connectivity index (χ0) is 13.9. The molecular weight excluding hydrogens is 279 g/mol. The van der Waals surface area contributed by atoms with Gasteiger partial charge in [-0.15, -0.1) is 0 Å². The van der Waals surface area contributed by atoms with E-state index in [1.54, 1.807) is 20.8 Å². The fourth-order valence-corrected chi connectivity index (χ4v) is 1.71. The number of halogens is 2. The van der Waals surface area contributed by atoms with Crippen molar-refractivity contribution < 1.29 is 13.3 Å². The minimum absolute atomic E-state index is 0.205. The van der Waals surface area contributed by atoms with Crippen LogP contribution in [0.1, 0.15) is 26.3 Å². The van der Waals surface area contributed by atoms with Crippen LogP contribution in [0.2, 0.25) is 5.02 Å². The molecule has 4 nitrogen and oxygen atoms in total. The first-order chi connectivity index (χ1) is 8.27. The van der Waals surface area contributed by atoms with E-state index in [2.05, 4.69) is 9.38 Å². The van der Waals surface area contributed by atoms with Crippen molar-refractivity contribution in [3.8, 4) is 5.75 Å². The maximum atomic E-state index is 13.2. The van der Waals surface area contributed by atoms with Crippen LogP contribution in [0.3, 0.4) is 0 Å². The molecule has 0 radical (unpaired) electrons. The van der Waals surface area contributed by atoms with E-state index in [1.807, 2.05) is 0 Å². The number of nitrogens with zero attached hydrogens (tertiary/aromatic N) is 2. The number of hydrogen-bond donors (Lipinski definition) is 0. The summed E-state index contributed by atoms with van der Waals surface area (Å²) >= 11 is 5.77. The van der Waals surface area contributed by atoms with Crippen molar-refractivity contribution in [3.63, 3.8) is 0 Å². The molecule has 0 saturated heterocycles. The second-order valence-electron chi connectivity index (χ2n) is 4.44. The van der Waals surface area contributed by atoms with E-state index in [1.165, 1.54) is 19.5 Å².